The minimum atomic E-state index is -4.09. The Morgan fingerprint density at radius 2 is 1.91 bits per heavy atom. The zero-order chi connectivity index (χ0) is 24.8. The van der Waals surface area contributed by atoms with Crippen molar-refractivity contribution < 1.29 is 32.5 Å². The molecule has 0 bridgehead atoms. The molecule has 0 saturated heterocycles. The van der Waals surface area contributed by atoms with Crippen LogP contribution in [0.3, 0.4) is 0 Å². The fourth-order valence-corrected chi connectivity index (χ4v) is 5.07. The molecule has 1 fully saturated rings. The fraction of sp³-hybridized carbons (Fsp3) is 0.708. The Morgan fingerprint density at radius 3 is 2.59 bits per heavy atom. The lowest BCUT2D eigenvalue weighted by Crippen LogP contribution is -2.44. The van der Waals surface area contributed by atoms with Crippen LogP contribution >= 0.6 is 0 Å². The average molecular weight is 501 g/mol. The molecule has 0 aromatic heterocycles. The average Bonchev–Trinajstić information content (AvgIpc) is 2.81. The summed E-state index contributed by atoms with van der Waals surface area (Å²) in [5, 5.41) is 9.47. The first-order valence-corrected chi connectivity index (χ1v) is 13.7. The Bertz CT molecular complexity index is 842. The molecule has 1 aliphatic carbocycles. The highest BCUT2D eigenvalue weighted by Crippen LogP contribution is 2.30. The summed E-state index contributed by atoms with van der Waals surface area (Å²) >= 11 is 0. The normalized spacial score (nSPS) is 14.6. The van der Waals surface area contributed by atoms with Gasteiger partial charge in [-0.1, -0.05) is 32.3 Å². The Labute approximate surface area is 203 Å². The van der Waals surface area contributed by atoms with Gasteiger partial charge in [0.15, 0.2) is 0 Å². The third-order valence-electron chi connectivity index (χ3n) is 5.82. The van der Waals surface area contributed by atoms with E-state index < -0.39 is 16.3 Å². The monoisotopic (exact) mass is 500 g/mol. The molecule has 0 atom stereocenters. The molecule has 2 rings (SSSR count). The second kappa shape index (κ2) is 15.1. The molecule has 0 spiro atoms. The molecule has 1 aromatic carbocycles. The lowest BCUT2D eigenvalue weighted by Gasteiger charge is -2.25. The number of hydrogen-bond donors (Lipinski definition) is 2. The van der Waals surface area contributed by atoms with Gasteiger partial charge in [-0.2, -0.15) is 17.4 Å². The molecule has 34 heavy (non-hydrogen) atoms. The van der Waals surface area contributed by atoms with E-state index in [1.54, 1.807) is 7.11 Å². The summed E-state index contributed by atoms with van der Waals surface area (Å²) in [6, 6.07) is 5.61. The number of ether oxygens (including phenoxy) is 3. The number of aryl methyl sites for hydroxylation is 1. The Hall–Kier alpha value is -2.04. The van der Waals surface area contributed by atoms with Crippen molar-refractivity contribution in [3.05, 3.63) is 23.8 Å². The molecule has 0 heterocycles. The van der Waals surface area contributed by atoms with Crippen molar-refractivity contribution in [3.8, 4) is 11.5 Å². The van der Waals surface area contributed by atoms with E-state index in [1.165, 1.54) is 6.42 Å². The molecule has 0 radical (unpaired) electrons. The molecule has 1 aromatic rings. The molecule has 0 unspecified atom stereocenters. The molecular weight excluding hydrogens is 460 g/mol. The summed E-state index contributed by atoms with van der Waals surface area (Å²) in [7, 11) is -2.47. The van der Waals surface area contributed by atoms with E-state index in [1.807, 2.05) is 25.1 Å². The predicted octanol–water partition coefficient (Wildman–Crippen LogP) is 4.36. The highest BCUT2D eigenvalue weighted by molar-refractivity contribution is 7.87. The zero-order valence-corrected chi connectivity index (χ0v) is 21.3. The quantitative estimate of drug-likeness (QED) is 0.324. The first-order valence-electron chi connectivity index (χ1n) is 12.3. The van der Waals surface area contributed by atoms with Crippen LogP contribution < -0.4 is 14.2 Å². The van der Waals surface area contributed by atoms with E-state index in [0.29, 0.717) is 48.3 Å². The van der Waals surface area contributed by atoms with Crippen molar-refractivity contribution >= 4 is 16.3 Å². The van der Waals surface area contributed by atoms with Gasteiger partial charge in [0.2, 0.25) is 0 Å². The van der Waals surface area contributed by atoms with Crippen molar-refractivity contribution in [2.45, 2.75) is 77.2 Å². The van der Waals surface area contributed by atoms with Crippen molar-refractivity contribution in [1.29, 1.82) is 0 Å². The topological polar surface area (TPSA) is 114 Å². The van der Waals surface area contributed by atoms with Gasteiger partial charge in [0.1, 0.15) is 18.1 Å². The number of nitrogens with one attached hydrogen (secondary N) is 1. The summed E-state index contributed by atoms with van der Waals surface area (Å²) in [6.45, 7) is 3.02. The molecule has 194 valence electrons. The summed E-state index contributed by atoms with van der Waals surface area (Å²) in [5.74, 6) is 1.39. The first-order chi connectivity index (χ1) is 16.4. The highest BCUT2D eigenvalue weighted by Gasteiger charge is 2.26. The number of rotatable bonds is 16. The third kappa shape index (κ3) is 9.68. The largest absolute Gasteiger partial charge is 0.491 e. The predicted molar refractivity (Wildman–Crippen MR) is 131 cm³/mol. The summed E-state index contributed by atoms with van der Waals surface area (Å²) in [5.41, 5.74) is 0.906. The number of unbranched alkanes of at least 4 members (excludes halogenated alkanes) is 2. The lowest BCUT2D eigenvalue weighted by atomic mass is 9.97. The van der Waals surface area contributed by atoms with Crippen LogP contribution in [0.2, 0.25) is 0 Å². The Balaban J connectivity index is 2.03. The smallest absolute Gasteiger partial charge is 0.422 e. The molecule has 0 aliphatic heterocycles. The number of carboxylic acid groups (broad SMARTS) is 1. The van der Waals surface area contributed by atoms with Crippen molar-refractivity contribution in [3.63, 3.8) is 0 Å². The van der Waals surface area contributed by atoms with E-state index >= 15 is 0 Å². The SMILES string of the molecule is CCCCCNS(=O)(=O)N(CCCc1ccc(OCCOC)cc1OC1CCCCC1)C(=O)O. The van der Waals surface area contributed by atoms with Crippen LogP contribution in [0.5, 0.6) is 11.5 Å². The lowest BCUT2D eigenvalue weighted by molar-refractivity contribution is 0.143. The van der Waals surface area contributed by atoms with Gasteiger partial charge in [-0.3, -0.25) is 0 Å². The standard InChI is InChI=1S/C24H40N2O7S/c1-3-4-8-15-25-34(29,30)26(24(27)28)16-9-10-20-13-14-22(32-18-17-31-2)19-23(20)33-21-11-6-5-7-12-21/h13-14,19,21,25H,3-12,15-18H2,1-2H3,(H,27,28). The number of carbonyl (C=O) groups is 1. The summed E-state index contributed by atoms with van der Waals surface area (Å²) < 4.78 is 44.9. The van der Waals surface area contributed by atoms with Crippen LogP contribution in [0, 0.1) is 0 Å². The first kappa shape index (κ1) is 28.2. The van der Waals surface area contributed by atoms with Gasteiger partial charge in [0.25, 0.3) is 0 Å². The van der Waals surface area contributed by atoms with Gasteiger partial charge < -0.3 is 19.3 Å². The Kier molecular flexibility index (Phi) is 12.5. The van der Waals surface area contributed by atoms with Gasteiger partial charge in [-0.05, 0) is 56.6 Å². The summed E-state index contributed by atoms with van der Waals surface area (Å²) in [6.07, 6.45) is 7.49. The molecule has 2 N–H and O–H groups in total. The Morgan fingerprint density at radius 1 is 1.15 bits per heavy atom. The maximum absolute atomic E-state index is 12.5. The molecule has 9 nitrogen and oxygen atoms in total. The maximum Gasteiger partial charge on any atom is 0.422 e. The molecular formula is C24H40N2O7S. The van der Waals surface area contributed by atoms with Crippen LogP contribution in [0.4, 0.5) is 4.79 Å². The van der Waals surface area contributed by atoms with Crippen molar-refractivity contribution in [2.24, 2.45) is 0 Å². The minimum Gasteiger partial charge on any atom is -0.491 e. The van der Waals surface area contributed by atoms with Crippen LogP contribution in [0.1, 0.15) is 70.3 Å². The fourth-order valence-electron chi connectivity index (χ4n) is 3.93. The van der Waals surface area contributed by atoms with Gasteiger partial charge in [-0.25, -0.2) is 4.79 Å². The van der Waals surface area contributed by atoms with Gasteiger partial charge in [-0.15, -0.1) is 0 Å². The van der Waals surface area contributed by atoms with E-state index in [4.69, 9.17) is 14.2 Å². The van der Waals surface area contributed by atoms with Crippen molar-refractivity contribution in [2.75, 3.05) is 33.4 Å². The van der Waals surface area contributed by atoms with Crippen molar-refractivity contribution in [1.82, 2.24) is 9.03 Å². The van der Waals surface area contributed by atoms with Crippen LogP contribution in [-0.4, -0.2) is 63.4 Å². The molecule has 1 saturated carbocycles. The van der Waals surface area contributed by atoms with E-state index in [2.05, 4.69) is 4.72 Å². The van der Waals surface area contributed by atoms with E-state index in [0.717, 1.165) is 44.1 Å². The second-order valence-corrected chi connectivity index (χ2v) is 10.2. The van der Waals surface area contributed by atoms with Crippen LogP contribution in [0.25, 0.3) is 0 Å². The molecule has 1 aliphatic rings. The minimum absolute atomic E-state index is 0.132. The molecule has 1 amide bonds. The zero-order valence-electron chi connectivity index (χ0n) is 20.5. The second-order valence-electron chi connectivity index (χ2n) is 8.55. The summed E-state index contributed by atoms with van der Waals surface area (Å²) in [4.78, 5) is 11.6. The number of nitrogens with zero attached hydrogens (tertiary/aromatic N) is 1. The van der Waals surface area contributed by atoms with Gasteiger partial charge >= 0.3 is 16.3 Å². The number of amides is 1. The highest BCUT2D eigenvalue weighted by atomic mass is 32.2. The van der Waals surface area contributed by atoms with E-state index in [9.17, 15) is 18.3 Å². The third-order valence-corrected chi connectivity index (χ3v) is 7.30. The van der Waals surface area contributed by atoms with Crippen LogP contribution in [-0.2, 0) is 21.4 Å². The molecule has 10 heteroatoms. The number of benzene rings is 1. The van der Waals surface area contributed by atoms with Crippen LogP contribution in [0.15, 0.2) is 18.2 Å². The van der Waals surface area contributed by atoms with E-state index in [-0.39, 0.29) is 19.2 Å². The van der Waals surface area contributed by atoms with Gasteiger partial charge in [0, 0.05) is 26.3 Å². The number of hydrogen-bond acceptors (Lipinski definition) is 6. The van der Waals surface area contributed by atoms with Gasteiger partial charge in [0.05, 0.1) is 12.7 Å². The number of methoxy groups -OCH3 is 1. The maximum atomic E-state index is 12.5.